The van der Waals surface area contributed by atoms with E-state index in [0.29, 0.717) is 6.54 Å². The van der Waals surface area contributed by atoms with Crippen molar-refractivity contribution in [2.24, 2.45) is 5.73 Å². The van der Waals surface area contributed by atoms with E-state index in [2.05, 4.69) is 24.0 Å². The van der Waals surface area contributed by atoms with E-state index in [-0.39, 0.29) is 0 Å². The molecule has 0 heterocycles. The Morgan fingerprint density at radius 1 is 1.15 bits per heavy atom. The number of ether oxygens (including phenoxy) is 1. The maximum atomic E-state index is 5.44. The summed E-state index contributed by atoms with van der Waals surface area (Å²) in [7, 11) is 1.68. The fourth-order valence-corrected chi connectivity index (χ4v) is 2.67. The van der Waals surface area contributed by atoms with Crippen LogP contribution in [0, 0.1) is 11.8 Å². The summed E-state index contributed by atoms with van der Waals surface area (Å²) in [5, 5.41) is 0. The number of nitrogens with two attached hydrogens (primary N) is 1. The van der Waals surface area contributed by atoms with E-state index in [1.54, 1.807) is 18.9 Å². The molecule has 3 heteroatoms. The summed E-state index contributed by atoms with van der Waals surface area (Å²) in [6, 6.07) is 16.3. The highest BCUT2D eigenvalue weighted by Crippen LogP contribution is 2.26. The van der Waals surface area contributed by atoms with Gasteiger partial charge in [-0.05, 0) is 35.9 Å². The second kappa shape index (κ2) is 7.64. The summed E-state index contributed by atoms with van der Waals surface area (Å²) in [4.78, 5) is 1.24. The Morgan fingerprint density at radius 3 is 2.65 bits per heavy atom. The van der Waals surface area contributed by atoms with Gasteiger partial charge >= 0.3 is 0 Å². The molecule has 2 aromatic rings. The molecule has 0 aromatic heterocycles. The van der Waals surface area contributed by atoms with Crippen LogP contribution in [0.1, 0.15) is 11.1 Å². The molecular weight excluding hydrogens is 266 g/mol. The first kappa shape index (κ1) is 14.5. The topological polar surface area (TPSA) is 35.2 Å². The number of rotatable bonds is 4. The summed E-state index contributed by atoms with van der Waals surface area (Å²) in [6.45, 7) is 0.372. The molecule has 0 aliphatic carbocycles. The Balaban J connectivity index is 2.19. The molecule has 0 bridgehead atoms. The highest BCUT2D eigenvalue weighted by Gasteiger charge is 2.04. The first-order valence-corrected chi connectivity index (χ1v) is 7.35. The minimum atomic E-state index is 0.372. The lowest BCUT2D eigenvalue weighted by molar-refractivity contribution is 0.414. The summed E-state index contributed by atoms with van der Waals surface area (Å²) in [5.41, 5.74) is 7.62. The number of hydrogen-bond donors (Lipinski definition) is 1. The van der Waals surface area contributed by atoms with Crippen LogP contribution in [0.4, 0.5) is 0 Å². The molecule has 2 nitrogen and oxygen atoms in total. The Morgan fingerprint density at radius 2 is 1.95 bits per heavy atom. The standard InChI is InChI=1S/C17H17NOS/c1-19-16-10-9-14(6-5-11-18)15(12-16)13-20-17-7-3-2-4-8-17/h2-4,7-10,12H,11,13,18H2,1H3. The van der Waals surface area contributed by atoms with Crippen LogP contribution < -0.4 is 10.5 Å². The van der Waals surface area contributed by atoms with Gasteiger partial charge in [0.05, 0.1) is 13.7 Å². The van der Waals surface area contributed by atoms with Crippen LogP contribution in [0.15, 0.2) is 53.4 Å². The van der Waals surface area contributed by atoms with Gasteiger partial charge in [-0.1, -0.05) is 30.0 Å². The number of benzene rings is 2. The van der Waals surface area contributed by atoms with Crippen LogP contribution >= 0.6 is 11.8 Å². The van der Waals surface area contributed by atoms with Crippen LogP contribution in [0.2, 0.25) is 0 Å². The lowest BCUT2D eigenvalue weighted by atomic mass is 10.1. The maximum Gasteiger partial charge on any atom is 0.119 e. The predicted molar refractivity (Wildman–Crippen MR) is 84.9 cm³/mol. The molecule has 0 fully saturated rings. The molecule has 0 amide bonds. The molecule has 102 valence electrons. The quantitative estimate of drug-likeness (QED) is 0.691. The molecule has 0 saturated heterocycles. The monoisotopic (exact) mass is 283 g/mol. The van der Waals surface area contributed by atoms with Gasteiger partial charge in [0.25, 0.3) is 0 Å². The molecule has 0 aliphatic heterocycles. The summed E-state index contributed by atoms with van der Waals surface area (Å²) >= 11 is 1.79. The van der Waals surface area contributed by atoms with Crippen molar-refractivity contribution in [3.63, 3.8) is 0 Å². The predicted octanol–water partition coefficient (Wildman–Crippen LogP) is 3.30. The highest BCUT2D eigenvalue weighted by molar-refractivity contribution is 7.98. The van der Waals surface area contributed by atoms with Crippen molar-refractivity contribution in [2.75, 3.05) is 13.7 Å². The average Bonchev–Trinajstić information content (AvgIpc) is 2.52. The van der Waals surface area contributed by atoms with E-state index < -0.39 is 0 Å². The van der Waals surface area contributed by atoms with Gasteiger partial charge in [-0.3, -0.25) is 0 Å². The molecule has 0 spiro atoms. The van der Waals surface area contributed by atoms with Crippen LogP contribution in [0.5, 0.6) is 5.75 Å². The maximum absolute atomic E-state index is 5.44. The van der Waals surface area contributed by atoms with Gasteiger partial charge in [0.1, 0.15) is 5.75 Å². The lowest BCUT2D eigenvalue weighted by Crippen LogP contribution is -1.95. The molecule has 2 aromatic carbocycles. The normalized spacial score (nSPS) is 9.70. The van der Waals surface area contributed by atoms with Gasteiger partial charge in [-0.15, -0.1) is 11.8 Å². The first-order valence-electron chi connectivity index (χ1n) is 6.37. The Kier molecular flexibility index (Phi) is 5.55. The molecule has 0 radical (unpaired) electrons. The van der Waals surface area contributed by atoms with Crippen molar-refractivity contribution < 1.29 is 4.74 Å². The minimum Gasteiger partial charge on any atom is -0.497 e. The molecule has 20 heavy (non-hydrogen) atoms. The molecule has 0 saturated carbocycles. The van der Waals surface area contributed by atoms with E-state index in [1.165, 1.54) is 10.5 Å². The Labute approximate surface area is 124 Å². The van der Waals surface area contributed by atoms with Gasteiger partial charge in [0, 0.05) is 16.2 Å². The van der Waals surface area contributed by atoms with E-state index >= 15 is 0 Å². The van der Waals surface area contributed by atoms with Crippen LogP contribution in [-0.4, -0.2) is 13.7 Å². The Hall–Kier alpha value is -1.89. The van der Waals surface area contributed by atoms with Crippen molar-refractivity contribution in [3.8, 4) is 17.6 Å². The van der Waals surface area contributed by atoms with Gasteiger partial charge in [-0.2, -0.15) is 0 Å². The van der Waals surface area contributed by atoms with Gasteiger partial charge in [-0.25, -0.2) is 0 Å². The van der Waals surface area contributed by atoms with Crippen molar-refractivity contribution in [3.05, 3.63) is 59.7 Å². The molecule has 0 unspecified atom stereocenters. The van der Waals surface area contributed by atoms with Crippen LogP contribution in [0.3, 0.4) is 0 Å². The minimum absolute atomic E-state index is 0.372. The number of hydrogen-bond acceptors (Lipinski definition) is 3. The largest absolute Gasteiger partial charge is 0.497 e. The highest BCUT2D eigenvalue weighted by atomic mass is 32.2. The van der Waals surface area contributed by atoms with E-state index in [1.807, 2.05) is 36.4 Å². The zero-order valence-corrected chi connectivity index (χ0v) is 12.2. The van der Waals surface area contributed by atoms with Crippen molar-refractivity contribution in [1.82, 2.24) is 0 Å². The van der Waals surface area contributed by atoms with Crippen molar-refractivity contribution in [1.29, 1.82) is 0 Å². The fraction of sp³-hybridized carbons (Fsp3) is 0.176. The SMILES string of the molecule is COc1ccc(C#CCN)c(CSc2ccccc2)c1. The molecule has 0 aliphatic rings. The van der Waals surface area contributed by atoms with E-state index in [9.17, 15) is 0 Å². The smallest absolute Gasteiger partial charge is 0.119 e. The second-order valence-corrected chi connectivity index (χ2v) is 5.18. The van der Waals surface area contributed by atoms with E-state index in [0.717, 1.165) is 17.1 Å². The number of methoxy groups -OCH3 is 1. The average molecular weight is 283 g/mol. The van der Waals surface area contributed by atoms with Gasteiger partial charge < -0.3 is 10.5 Å². The zero-order valence-electron chi connectivity index (χ0n) is 11.4. The Bertz CT molecular complexity index is 614. The second-order valence-electron chi connectivity index (χ2n) is 4.13. The molecular formula is C17H17NOS. The third-order valence-electron chi connectivity index (χ3n) is 2.78. The molecule has 2 N–H and O–H groups in total. The first-order chi connectivity index (χ1) is 9.83. The van der Waals surface area contributed by atoms with Crippen molar-refractivity contribution in [2.45, 2.75) is 10.6 Å². The zero-order chi connectivity index (χ0) is 14.2. The fourth-order valence-electron chi connectivity index (χ4n) is 1.76. The summed E-state index contributed by atoms with van der Waals surface area (Å²) in [5.74, 6) is 7.74. The van der Waals surface area contributed by atoms with Crippen LogP contribution in [0.25, 0.3) is 0 Å². The number of thioether (sulfide) groups is 1. The van der Waals surface area contributed by atoms with Gasteiger partial charge in [0.2, 0.25) is 0 Å². The molecule has 0 atom stereocenters. The third-order valence-corrected chi connectivity index (χ3v) is 3.84. The summed E-state index contributed by atoms with van der Waals surface area (Å²) < 4.78 is 5.28. The molecule has 2 rings (SSSR count). The van der Waals surface area contributed by atoms with Gasteiger partial charge in [0.15, 0.2) is 0 Å². The summed E-state index contributed by atoms with van der Waals surface area (Å²) in [6.07, 6.45) is 0. The van der Waals surface area contributed by atoms with E-state index in [4.69, 9.17) is 10.5 Å². The van der Waals surface area contributed by atoms with Crippen LogP contribution in [-0.2, 0) is 5.75 Å². The lowest BCUT2D eigenvalue weighted by Gasteiger charge is -2.07. The van der Waals surface area contributed by atoms with Crippen molar-refractivity contribution >= 4 is 11.8 Å². The third kappa shape index (κ3) is 4.06.